The maximum absolute atomic E-state index is 4.46. The Labute approximate surface area is 255 Å². The van der Waals surface area contributed by atoms with Crippen molar-refractivity contribution >= 4 is 0 Å². The van der Waals surface area contributed by atoms with E-state index in [0.29, 0.717) is 5.82 Å². The fourth-order valence-corrected chi connectivity index (χ4v) is 4.28. The van der Waals surface area contributed by atoms with Crippen molar-refractivity contribution in [1.82, 2.24) is 35.2 Å². The Balaban J connectivity index is 0.000000200. The molecule has 3 heterocycles. The van der Waals surface area contributed by atoms with Crippen LogP contribution in [0.4, 0.5) is 0 Å². The van der Waals surface area contributed by atoms with Crippen molar-refractivity contribution < 1.29 is 21.1 Å². The van der Waals surface area contributed by atoms with Crippen LogP contribution in [-0.2, 0) is 26.5 Å². The first-order valence-corrected chi connectivity index (χ1v) is 13.3. The van der Waals surface area contributed by atoms with E-state index in [1.165, 1.54) is 11.1 Å². The van der Waals surface area contributed by atoms with Crippen molar-refractivity contribution in [2.24, 2.45) is 0 Å². The number of H-pyrrole nitrogens is 1. The summed E-state index contributed by atoms with van der Waals surface area (Å²) < 4.78 is 1.94. The van der Waals surface area contributed by atoms with Crippen LogP contribution in [0.5, 0.6) is 0 Å². The average molecular weight is 723 g/mol. The second kappa shape index (κ2) is 13.4. The van der Waals surface area contributed by atoms with Crippen LogP contribution in [0.1, 0.15) is 49.3 Å². The quantitative estimate of drug-likeness (QED) is 0.206. The summed E-state index contributed by atoms with van der Waals surface area (Å²) in [5.74, 6) is 1.54. The predicted molar refractivity (Wildman–Crippen MR) is 159 cm³/mol. The number of hydrogen-bond acceptors (Lipinski definition) is 5. The predicted octanol–water partition coefficient (Wildman–Crippen LogP) is 7.05. The summed E-state index contributed by atoms with van der Waals surface area (Å²) in [5, 5.41) is 15.9. The zero-order valence-corrected chi connectivity index (χ0v) is 25.8. The van der Waals surface area contributed by atoms with Gasteiger partial charge in [0, 0.05) is 17.2 Å². The van der Waals surface area contributed by atoms with Gasteiger partial charge in [-0.25, -0.2) is 9.67 Å². The van der Waals surface area contributed by atoms with Crippen LogP contribution in [0, 0.1) is 6.92 Å². The number of aromatic amines is 1. The minimum atomic E-state index is -0.0188. The first-order valence-electron chi connectivity index (χ1n) is 13.3. The van der Waals surface area contributed by atoms with Gasteiger partial charge in [-0.05, 0) is 35.7 Å². The molecule has 41 heavy (non-hydrogen) atoms. The number of aromatic nitrogens is 7. The molecule has 0 radical (unpaired) electrons. The Hall–Kier alpha value is -4.22. The van der Waals surface area contributed by atoms with E-state index in [9.17, 15) is 0 Å². The molecule has 0 spiro atoms. The Bertz CT molecular complexity index is 1600. The molecular formula is C33H33N7Pt+2. The topological polar surface area (TPSA) is 85.2 Å². The van der Waals surface area contributed by atoms with Gasteiger partial charge in [-0.3, -0.25) is 10.1 Å². The van der Waals surface area contributed by atoms with Gasteiger partial charge in [-0.2, -0.15) is 5.10 Å². The number of nitrogens with zero attached hydrogens (tertiary/aromatic N) is 6. The molecule has 0 aliphatic carbocycles. The Morgan fingerprint density at radius 2 is 1.34 bits per heavy atom. The minimum absolute atomic E-state index is 0. The molecule has 0 fully saturated rings. The van der Waals surface area contributed by atoms with Crippen LogP contribution in [0.3, 0.4) is 0 Å². The molecule has 0 saturated heterocycles. The number of benzene rings is 3. The molecule has 7 nitrogen and oxygen atoms in total. The standard InChI is InChI=1S/C21H17N3.C12H16N4.Pt/c1-4-10-17(11-5-1)20-16-24(23-22-20)21(18-12-6-2-7-13-18)19-14-8-3-9-15-19;1-8-5-6-13-9(7-8)10-14-11(16-15-10)12(2,3)4;/h1-16,21H;5-7H,1-4H3,(H,14,15,16);/q;;+2. The van der Waals surface area contributed by atoms with Gasteiger partial charge < -0.3 is 0 Å². The molecule has 1 N–H and O–H groups in total. The van der Waals surface area contributed by atoms with Gasteiger partial charge in [-0.1, -0.05) is 117 Å². The molecule has 8 heteroatoms. The number of nitrogens with one attached hydrogen (secondary N) is 1. The average Bonchev–Trinajstić information content (AvgIpc) is 3.67. The molecule has 0 aliphatic heterocycles. The second-order valence-electron chi connectivity index (χ2n) is 10.6. The fraction of sp³-hybridized carbons (Fsp3) is 0.182. The van der Waals surface area contributed by atoms with Gasteiger partial charge in [0.2, 0.25) is 0 Å². The van der Waals surface area contributed by atoms with Gasteiger partial charge in [-0.15, -0.1) is 5.10 Å². The monoisotopic (exact) mass is 722 g/mol. The van der Waals surface area contributed by atoms with Gasteiger partial charge in [0.25, 0.3) is 0 Å². The van der Waals surface area contributed by atoms with E-state index >= 15 is 0 Å². The molecule has 0 aliphatic rings. The van der Waals surface area contributed by atoms with Crippen molar-refractivity contribution in [3.05, 3.63) is 138 Å². The van der Waals surface area contributed by atoms with Crippen LogP contribution in [0.15, 0.2) is 116 Å². The van der Waals surface area contributed by atoms with Crippen LogP contribution in [0.2, 0.25) is 0 Å². The van der Waals surface area contributed by atoms with Crippen LogP contribution in [0.25, 0.3) is 22.8 Å². The molecule has 0 unspecified atom stereocenters. The van der Waals surface area contributed by atoms with E-state index in [4.69, 9.17) is 0 Å². The SMILES string of the molecule is Cc1ccnc(-c2n[nH]c(C(C)(C)C)n2)c1.[Pt+2].c1ccc(-c2cn(C(c3ccccc3)c3ccccc3)nn2)cc1. The summed E-state index contributed by atoms with van der Waals surface area (Å²) in [4.78, 5) is 8.72. The summed E-state index contributed by atoms with van der Waals surface area (Å²) in [7, 11) is 0. The fourth-order valence-electron chi connectivity index (χ4n) is 4.28. The zero-order valence-electron chi connectivity index (χ0n) is 23.5. The summed E-state index contributed by atoms with van der Waals surface area (Å²) in [6.07, 6.45) is 3.79. The largest absolute Gasteiger partial charge is 2.00 e. The van der Waals surface area contributed by atoms with Crippen molar-refractivity contribution in [3.63, 3.8) is 0 Å². The maximum Gasteiger partial charge on any atom is 2.00 e. The van der Waals surface area contributed by atoms with Crippen LogP contribution >= 0.6 is 0 Å². The molecule has 0 atom stereocenters. The molecule has 3 aromatic carbocycles. The van der Waals surface area contributed by atoms with E-state index < -0.39 is 0 Å². The molecule has 6 aromatic rings. The van der Waals surface area contributed by atoms with Gasteiger partial charge in [0.05, 0.1) is 6.20 Å². The van der Waals surface area contributed by atoms with Crippen molar-refractivity contribution in [1.29, 1.82) is 0 Å². The number of rotatable bonds is 5. The molecular weight excluding hydrogens is 689 g/mol. The number of hydrogen-bond donors (Lipinski definition) is 1. The number of aryl methyl sites for hydroxylation is 1. The summed E-state index contributed by atoms with van der Waals surface area (Å²) in [6, 6.07) is 34.9. The maximum atomic E-state index is 4.46. The second-order valence-corrected chi connectivity index (χ2v) is 10.6. The Morgan fingerprint density at radius 1 is 0.756 bits per heavy atom. The number of pyridine rings is 1. The van der Waals surface area contributed by atoms with E-state index in [-0.39, 0.29) is 32.5 Å². The summed E-state index contributed by atoms with van der Waals surface area (Å²) >= 11 is 0. The first kappa shape index (κ1) is 29.8. The molecule has 3 aromatic heterocycles. The van der Waals surface area contributed by atoms with Crippen molar-refractivity contribution in [3.8, 4) is 22.8 Å². The van der Waals surface area contributed by atoms with E-state index in [1.54, 1.807) is 6.20 Å². The third-order valence-corrected chi connectivity index (χ3v) is 6.42. The third-order valence-electron chi connectivity index (χ3n) is 6.42. The van der Waals surface area contributed by atoms with E-state index in [0.717, 1.165) is 28.3 Å². The van der Waals surface area contributed by atoms with Gasteiger partial charge >= 0.3 is 21.1 Å². The molecule has 208 valence electrons. The minimum Gasteiger partial charge on any atom is -0.262 e. The van der Waals surface area contributed by atoms with Crippen molar-refractivity contribution in [2.75, 3.05) is 0 Å². The first-order chi connectivity index (χ1) is 19.4. The van der Waals surface area contributed by atoms with Crippen LogP contribution in [-0.4, -0.2) is 35.2 Å². The normalized spacial score (nSPS) is 11.0. The third kappa shape index (κ3) is 7.50. The smallest absolute Gasteiger partial charge is 0.262 e. The van der Waals surface area contributed by atoms with Crippen molar-refractivity contribution in [2.45, 2.75) is 39.2 Å². The van der Waals surface area contributed by atoms with Gasteiger partial charge in [0.15, 0.2) is 5.82 Å². The summed E-state index contributed by atoms with van der Waals surface area (Å²) in [6.45, 7) is 8.32. The Kier molecular flexibility index (Phi) is 9.74. The van der Waals surface area contributed by atoms with Gasteiger partial charge in [0.1, 0.15) is 23.3 Å². The van der Waals surface area contributed by atoms with Crippen LogP contribution < -0.4 is 0 Å². The summed E-state index contributed by atoms with van der Waals surface area (Å²) in [5.41, 5.74) is 6.28. The van der Waals surface area contributed by atoms with E-state index in [2.05, 4.69) is 99.8 Å². The van der Waals surface area contributed by atoms with E-state index in [1.807, 2.05) is 72.4 Å². The molecule has 0 saturated carbocycles. The molecule has 0 amide bonds. The molecule has 6 rings (SSSR count). The zero-order chi connectivity index (χ0) is 28.0. The Morgan fingerprint density at radius 3 is 1.88 bits per heavy atom. The molecule has 0 bridgehead atoms.